The van der Waals surface area contributed by atoms with Gasteiger partial charge in [0.05, 0.1) is 0 Å². The number of hydrogen-bond acceptors (Lipinski definition) is 2. The van der Waals surface area contributed by atoms with E-state index in [1.165, 1.54) is 6.07 Å². The molecule has 2 nitrogen and oxygen atoms in total. The molecule has 0 N–H and O–H groups in total. The minimum Gasteiger partial charge on any atom is -0.436 e. The molecule has 2 aromatic rings. The molecule has 0 spiro atoms. The molecule has 21 heavy (non-hydrogen) atoms. The van der Waals surface area contributed by atoms with Gasteiger partial charge in [-0.1, -0.05) is 26.8 Å². The third-order valence-electron chi connectivity index (χ3n) is 3.02. The van der Waals surface area contributed by atoms with Gasteiger partial charge in [-0.25, -0.2) is 13.8 Å². The van der Waals surface area contributed by atoms with Crippen LogP contribution in [0.1, 0.15) is 32.9 Å². The predicted octanol–water partition coefficient (Wildman–Crippen LogP) is 5.13. The molecule has 0 radical (unpaired) electrons. The molecule has 0 fully saturated rings. The van der Waals surface area contributed by atoms with E-state index in [1.807, 2.05) is 12.1 Å². The zero-order valence-electron chi connectivity index (χ0n) is 12.5. The van der Waals surface area contributed by atoms with Gasteiger partial charge in [-0.05, 0) is 36.5 Å². The van der Waals surface area contributed by atoms with E-state index in [1.54, 1.807) is 6.07 Å². The Morgan fingerprint density at radius 1 is 1.10 bits per heavy atom. The number of hydrogen-bond donors (Lipinski definition) is 0. The fourth-order valence-corrected chi connectivity index (χ4v) is 1.83. The van der Waals surface area contributed by atoms with Crippen molar-refractivity contribution < 1.29 is 13.5 Å². The van der Waals surface area contributed by atoms with E-state index in [9.17, 15) is 8.78 Å². The van der Waals surface area contributed by atoms with Gasteiger partial charge in [0.25, 0.3) is 0 Å². The van der Waals surface area contributed by atoms with E-state index < -0.39 is 11.6 Å². The summed E-state index contributed by atoms with van der Waals surface area (Å²) in [6, 6.07) is 8.60. The molecule has 1 aromatic heterocycles. The maximum absolute atomic E-state index is 13.5. The molecule has 0 aliphatic heterocycles. The second-order valence-electron chi connectivity index (χ2n) is 6.20. The molecule has 0 saturated carbocycles. The highest BCUT2D eigenvalue weighted by Crippen LogP contribution is 2.25. The maximum atomic E-state index is 13.5. The van der Waals surface area contributed by atoms with E-state index in [-0.39, 0.29) is 11.2 Å². The first-order valence-electron chi connectivity index (χ1n) is 6.92. The van der Waals surface area contributed by atoms with Crippen molar-refractivity contribution in [2.45, 2.75) is 33.6 Å². The Hall–Kier alpha value is -1.97. The summed E-state index contributed by atoms with van der Waals surface area (Å²) in [6.45, 7) is 6.50. The maximum Gasteiger partial charge on any atom is 0.219 e. The molecule has 0 atom stereocenters. The number of aryl methyl sites for hydroxylation is 1. The minimum atomic E-state index is -0.739. The van der Waals surface area contributed by atoms with Gasteiger partial charge >= 0.3 is 0 Å². The van der Waals surface area contributed by atoms with Crippen LogP contribution in [-0.2, 0) is 6.42 Å². The van der Waals surface area contributed by atoms with E-state index in [2.05, 4.69) is 25.8 Å². The van der Waals surface area contributed by atoms with Gasteiger partial charge in [0.1, 0.15) is 5.82 Å². The van der Waals surface area contributed by atoms with Gasteiger partial charge in [-0.3, -0.25) is 0 Å². The molecule has 0 bridgehead atoms. The summed E-state index contributed by atoms with van der Waals surface area (Å²) in [6.07, 6.45) is 1.82. The lowest BCUT2D eigenvalue weighted by atomic mass is 9.90. The summed E-state index contributed by atoms with van der Waals surface area (Å²) in [5.41, 5.74) is 1.12. The van der Waals surface area contributed by atoms with Crippen LogP contribution >= 0.6 is 0 Å². The lowest BCUT2D eigenvalue weighted by Gasteiger charge is -2.17. The number of nitrogens with zero attached hydrogens (tertiary/aromatic N) is 1. The summed E-state index contributed by atoms with van der Waals surface area (Å²) in [5, 5.41) is 0. The highest BCUT2D eigenvalue weighted by atomic mass is 19.1. The van der Waals surface area contributed by atoms with Crippen LogP contribution in [0.4, 0.5) is 8.78 Å². The Kier molecular flexibility index (Phi) is 4.56. The largest absolute Gasteiger partial charge is 0.436 e. The van der Waals surface area contributed by atoms with Crippen LogP contribution in [0.2, 0.25) is 0 Å². The Balaban J connectivity index is 2.10. The van der Waals surface area contributed by atoms with Crippen LogP contribution in [-0.4, -0.2) is 4.98 Å². The second kappa shape index (κ2) is 6.20. The standard InChI is InChI=1S/C17H19F2NO/c1-17(2,3)10-9-13-5-4-6-16(20-13)21-15-8-7-12(18)11-14(15)19/h4-8,11H,9-10H2,1-3H3. The van der Waals surface area contributed by atoms with Crippen LogP contribution in [0.3, 0.4) is 0 Å². The van der Waals surface area contributed by atoms with Crippen molar-refractivity contribution in [2.75, 3.05) is 0 Å². The van der Waals surface area contributed by atoms with Gasteiger partial charge in [0.2, 0.25) is 5.88 Å². The molecule has 0 aliphatic carbocycles. The quantitative estimate of drug-likeness (QED) is 0.779. The molecule has 0 aliphatic rings. The summed E-state index contributed by atoms with van der Waals surface area (Å²) < 4.78 is 31.8. The normalized spacial score (nSPS) is 11.5. The average molecular weight is 291 g/mol. The molecule has 1 heterocycles. The topological polar surface area (TPSA) is 22.1 Å². The van der Waals surface area contributed by atoms with Crippen molar-refractivity contribution in [1.29, 1.82) is 0 Å². The first kappa shape index (κ1) is 15.4. The predicted molar refractivity (Wildman–Crippen MR) is 78.4 cm³/mol. The van der Waals surface area contributed by atoms with E-state index in [4.69, 9.17) is 4.74 Å². The number of ether oxygens (including phenoxy) is 1. The Bertz CT molecular complexity index is 620. The SMILES string of the molecule is CC(C)(C)CCc1cccc(Oc2ccc(F)cc2F)n1. The first-order chi connectivity index (χ1) is 9.83. The van der Waals surface area contributed by atoms with Crippen molar-refractivity contribution in [1.82, 2.24) is 4.98 Å². The molecule has 2 rings (SSSR count). The van der Waals surface area contributed by atoms with Gasteiger partial charge in [-0.2, -0.15) is 0 Å². The van der Waals surface area contributed by atoms with Crippen molar-refractivity contribution >= 4 is 0 Å². The number of rotatable bonds is 4. The van der Waals surface area contributed by atoms with Gasteiger partial charge in [0.15, 0.2) is 11.6 Å². The highest BCUT2D eigenvalue weighted by Gasteiger charge is 2.11. The molecule has 0 saturated heterocycles. The summed E-state index contributed by atoms with van der Waals surface area (Å²) in [5.74, 6) is -1.09. The van der Waals surface area contributed by atoms with Crippen LogP contribution in [0.15, 0.2) is 36.4 Å². The third-order valence-corrected chi connectivity index (χ3v) is 3.02. The monoisotopic (exact) mass is 291 g/mol. The fourth-order valence-electron chi connectivity index (χ4n) is 1.83. The average Bonchev–Trinajstić information content (AvgIpc) is 2.39. The van der Waals surface area contributed by atoms with Crippen molar-refractivity contribution in [3.8, 4) is 11.6 Å². The summed E-state index contributed by atoms with van der Waals surface area (Å²) >= 11 is 0. The highest BCUT2D eigenvalue weighted by molar-refractivity contribution is 5.29. The Morgan fingerprint density at radius 3 is 2.52 bits per heavy atom. The zero-order valence-corrected chi connectivity index (χ0v) is 12.5. The number of halogens is 2. The van der Waals surface area contributed by atoms with Gasteiger partial charge < -0.3 is 4.74 Å². The first-order valence-corrected chi connectivity index (χ1v) is 6.92. The molecular formula is C17H19F2NO. The third kappa shape index (κ3) is 4.81. The fraction of sp³-hybridized carbons (Fsp3) is 0.353. The van der Waals surface area contributed by atoms with E-state index in [0.29, 0.717) is 5.88 Å². The molecule has 4 heteroatoms. The number of pyridine rings is 1. The molecule has 0 amide bonds. The van der Waals surface area contributed by atoms with E-state index in [0.717, 1.165) is 30.7 Å². The van der Waals surface area contributed by atoms with Crippen LogP contribution in [0.5, 0.6) is 11.6 Å². The van der Waals surface area contributed by atoms with Crippen molar-refractivity contribution in [3.63, 3.8) is 0 Å². The van der Waals surface area contributed by atoms with Crippen LogP contribution < -0.4 is 4.74 Å². The lowest BCUT2D eigenvalue weighted by Crippen LogP contribution is -2.07. The number of aromatic nitrogens is 1. The zero-order chi connectivity index (χ0) is 15.5. The smallest absolute Gasteiger partial charge is 0.219 e. The Labute approximate surface area is 123 Å². The summed E-state index contributed by atoms with van der Waals surface area (Å²) in [4.78, 5) is 4.35. The molecule has 112 valence electrons. The van der Waals surface area contributed by atoms with Crippen LogP contribution in [0, 0.1) is 17.0 Å². The second-order valence-corrected chi connectivity index (χ2v) is 6.20. The van der Waals surface area contributed by atoms with Crippen LogP contribution in [0.25, 0.3) is 0 Å². The number of benzene rings is 1. The lowest BCUT2D eigenvalue weighted by molar-refractivity contribution is 0.374. The minimum absolute atomic E-state index is 0.0307. The van der Waals surface area contributed by atoms with Gasteiger partial charge in [-0.15, -0.1) is 0 Å². The van der Waals surface area contributed by atoms with Crippen molar-refractivity contribution in [2.24, 2.45) is 5.41 Å². The molecule has 0 unspecified atom stereocenters. The van der Waals surface area contributed by atoms with E-state index >= 15 is 0 Å². The molecular weight excluding hydrogens is 272 g/mol. The Morgan fingerprint density at radius 2 is 1.86 bits per heavy atom. The van der Waals surface area contributed by atoms with Crippen molar-refractivity contribution in [3.05, 3.63) is 53.7 Å². The van der Waals surface area contributed by atoms with Gasteiger partial charge in [0, 0.05) is 17.8 Å². The molecule has 1 aromatic carbocycles. The summed E-state index contributed by atoms with van der Waals surface area (Å²) in [7, 11) is 0.